The number of phenols is 2. The molecule has 3 aromatic rings. The maximum atomic E-state index is 13.7. The Bertz CT molecular complexity index is 2350. The number of carboxylic acid groups (broad SMARTS) is 2. The number of β-lactam (4-membered cyclic amide) rings is 1. The monoisotopic (exact) mass is 857 g/mol. The molecule has 0 bridgehead atoms. The van der Waals surface area contributed by atoms with E-state index in [1.807, 2.05) is 0 Å². The van der Waals surface area contributed by atoms with Gasteiger partial charge in [0, 0.05) is 42.3 Å². The number of hydrogen-bond acceptors (Lipinski definition) is 16. The molecule has 2 saturated heterocycles. The van der Waals surface area contributed by atoms with Gasteiger partial charge in [0.15, 0.2) is 22.3 Å². The van der Waals surface area contributed by atoms with E-state index in [-0.39, 0.29) is 39.8 Å². The van der Waals surface area contributed by atoms with Crippen molar-refractivity contribution in [3.05, 3.63) is 56.5 Å². The molecule has 3 aliphatic rings. The van der Waals surface area contributed by atoms with E-state index in [0.717, 1.165) is 24.2 Å². The summed E-state index contributed by atoms with van der Waals surface area (Å²) in [6.07, 6.45) is 0.218. The Kier molecular flexibility index (Phi) is 12.5. The number of fused-ring (bicyclic) bond motifs is 2. The average molecular weight is 858 g/mol. The molecule has 3 aliphatic heterocycles. The molecule has 0 saturated carbocycles. The number of benzene rings is 1. The van der Waals surface area contributed by atoms with Crippen LogP contribution >= 0.6 is 23.1 Å². The van der Waals surface area contributed by atoms with Gasteiger partial charge in [-0.3, -0.25) is 28.9 Å². The number of pyridine rings is 1. The van der Waals surface area contributed by atoms with Gasteiger partial charge < -0.3 is 55.4 Å². The first kappa shape index (κ1) is 42.4. The summed E-state index contributed by atoms with van der Waals surface area (Å²) >= 11 is 2.22. The van der Waals surface area contributed by atoms with Gasteiger partial charge in [-0.1, -0.05) is 5.16 Å². The first-order valence-corrected chi connectivity index (χ1v) is 20.2. The van der Waals surface area contributed by atoms with Crippen LogP contribution in [0.1, 0.15) is 42.2 Å². The SMILES string of the molecule is CCn1cc(C(=O)NCC[N+]2(CC3=C(C(=O)OC)N4C(=O)C(NC(=O)C(=NOC(CC(=O)O)C(=O)O)c5csc(N)n5)C4SC3)CCCC2)c(=O)c2c(O)c(O)ccc21. The number of quaternary nitrogens is 1. The molecular weight excluding hydrogens is 817 g/mol. The molecule has 3 unspecified atom stereocenters. The predicted molar refractivity (Wildman–Crippen MR) is 210 cm³/mol. The summed E-state index contributed by atoms with van der Waals surface area (Å²) in [5, 5.41) is 48.4. The van der Waals surface area contributed by atoms with Gasteiger partial charge in [0.05, 0.1) is 50.6 Å². The predicted octanol–water partition coefficient (Wildman–Crippen LogP) is -0.0125. The lowest BCUT2D eigenvalue weighted by Gasteiger charge is -2.50. The lowest BCUT2D eigenvalue weighted by atomic mass is 10.0. The number of aromatic hydroxyl groups is 2. The molecule has 314 valence electrons. The van der Waals surface area contributed by atoms with Crippen molar-refractivity contribution in [2.24, 2.45) is 5.16 Å². The number of aromatic nitrogens is 2. The number of esters is 1. The van der Waals surface area contributed by atoms with E-state index in [1.165, 1.54) is 47.5 Å². The van der Waals surface area contributed by atoms with Crippen molar-refractivity contribution < 1.29 is 63.3 Å². The van der Waals surface area contributed by atoms with Crippen LogP contribution in [0.25, 0.3) is 10.9 Å². The highest BCUT2D eigenvalue weighted by Crippen LogP contribution is 2.42. The highest BCUT2D eigenvalue weighted by atomic mass is 32.2. The van der Waals surface area contributed by atoms with Crippen LogP contribution in [0.2, 0.25) is 0 Å². The molecule has 5 heterocycles. The maximum Gasteiger partial charge on any atom is 0.355 e. The standard InChI is InChI=1S/C36H40N8O13S2/c1-3-42-13-18(28(48)24-20(42)6-7-21(45)29(24)49)30(50)38-8-11-44(9-4-5-10-44)14-17-15-58-33-26(32(52)43(33)27(17)35(55)56-2)40-31(51)25(19-16-59-36(37)39-19)41-57-22(34(53)54)12-23(46)47/h6-7,13,16,22,26,33H,3-5,8-12,14-15H2,1-2H3,(H7-,37,38,39,40,41,45,46,47,48,49,50,51,53,54)/p+1. The van der Waals surface area contributed by atoms with Crippen LogP contribution in [0, 0.1) is 0 Å². The van der Waals surface area contributed by atoms with E-state index in [1.54, 1.807) is 11.5 Å². The molecule has 2 aromatic heterocycles. The summed E-state index contributed by atoms with van der Waals surface area (Å²) in [6.45, 7) is 4.45. The molecule has 59 heavy (non-hydrogen) atoms. The summed E-state index contributed by atoms with van der Waals surface area (Å²) in [4.78, 5) is 100. The largest absolute Gasteiger partial charge is 0.504 e. The third-order valence-electron chi connectivity index (χ3n) is 10.3. The Morgan fingerprint density at radius 3 is 2.49 bits per heavy atom. The quantitative estimate of drug-likeness (QED) is 0.0249. The van der Waals surface area contributed by atoms with Gasteiger partial charge in [-0.25, -0.2) is 14.6 Å². The van der Waals surface area contributed by atoms with Gasteiger partial charge in [-0.05, 0) is 19.1 Å². The molecule has 8 N–H and O–H groups in total. The minimum atomic E-state index is -1.94. The maximum absolute atomic E-state index is 13.7. The van der Waals surface area contributed by atoms with Crippen LogP contribution in [-0.4, -0.2) is 144 Å². The number of hydrogen-bond donors (Lipinski definition) is 7. The molecule has 0 spiro atoms. The molecule has 0 radical (unpaired) electrons. The summed E-state index contributed by atoms with van der Waals surface area (Å²) in [6, 6.07) is 1.58. The minimum Gasteiger partial charge on any atom is -0.504 e. The Morgan fingerprint density at radius 2 is 1.86 bits per heavy atom. The van der Waals surface area contributed by atoms with Crippen molar-refractivity contribution in [1.29, 1.82) is 0 Å². The average Bonchev–Trinajstić information content (AvgIpc) is 3.85. The first-order chi connectivity index (χ1) is 28.1. The second kappa shape index (κ2) is 17.3. The topological polar surface area (TPSA) is 302 Å². The number of methoxy groups -OCH3 is 1. The van der Waals surface area contributed by atoms with Crippen LogP contribution in [0.3, 0.4) is 0 Å². The first-order valence-electron chi connectivity index (χ1n) is 18.3. The second-order valence-corrected chi connectivity index (χ2v) is 16.0. The van der Waals surface area contributed by atoms with Gasteiger partial charge in [0.1, 0.15) is 34.9 Å². The van der Waals surface area contributed by atoms with E-state index >= 15 is 0 Å². The number of rotatable bonds is 16. The number of aliphatic carboxylic acids is 2. The van der Waals surface area contributed by atoms with E-state index in [0.29, 0.717) is 48.3 Å². The number of carboxylic acids is 2. The van der Waals surface area contributed by atoms with Crippen LogP contribution in [0.4, 0.5) is 5.13 Å². The van der Waals surface area contributed by atoms with Crippen LogP contribution < -0.4 is 21.8 Å². The van der Waals surface area contributed by atoms with E-state index in [4.69, 9.17) is 20.4 Å². The van der Waals surface area contributed by atoms with Crippen molar-refractivity contribution in [2.45, 2.75) is 50.3 Å². The Hall–Kier alpha value is -6.20. The molecular formula is C36H41N8O13S2+. The molecule has 3 atom stereocenters. The zero-order chi connectivity index (χ0) is 42.8. The summed E-state index contributed by atoms with van der Waals surface area (Å²) in [5.41, 5.74) is 5.11. The lowest BCUT2D eigenvalue weighted by Crippen LogP contribution is -2.71. The molecule has 3 amide bonds. The van der Waals surface area contributed by atoms with Gasteiger partial charge >= 0.3 is 17.9 Å². The Balaban J connectivity index is 1.18. The number of phenolic OH excluding ortho intramolecular Hbond substituents is 2. The molecule has 6 rings (SSSR count). The smallest absolute Gasteiger partial charge is 0.355 e. The summed E-state index contributed by atoms with van der Waals surface area (Å²) in [7, 11) is 1.18. The number of ether oxygens (including phenoxy) is 1. The fourth-order valence-electron chi connectivity index (χ4n) is 7.39. The fourth-order valence-corrected chi connectivity index (χ4v) is 9.28. The molecule has 0 aliphatic carbocycles. The molecule has 2 fully saturated rings. The normalized spacial score (nSPS) is 19.1. The number of carbonyl (C=O) groups is 6. The number of nitrogens with two attached hydrogens (primary N) is 1. The van der Waals surface area contributed by atoms with Crippen LogP contribution in [0.15, 0.2) is 44.9 Å². The number of anilines is 1. The highest BCUT2D eigenvalue weighted by molar-refractivity contribution is 8.00. The third-order valence-corrected chi connectivity index (χ3v) is 12.3. The summed E-state index contributed by atoms with van der Waals surface area (Å²) < 4.78 is 7.19. The number of aryl methyl sites for hydroxylation is 1. The van der Waals surface area contributed by atoms with Gasteiger partial charge in [-0.2, -0.15) is 0 Å². The zero-order valence-corrected chi connectivity index (χ0v) is 33.3. The number of likely N-dealkylation sites (tertiary alicyclic amines) is 1. The fraction of sp³-hybridized carbons (Fsp3) is 0.417. The van der Waals surface area contributed by atoms with E-state index in [2.05, 4.69) is 20.8 Å². The van der Waals surface area contributed by atoms with Crippen LogP contribution in [0.5, 0.6) is 11.5 Å². The van der Waals surface area contributed by atoms with Crippen molar-refractivity contribution in [3.63, 3.8) is 0 Å². The number of thiazole rings is 1. The van der Waals surface area contributed by atoms with Crippen molar-refractivity contribution >= 4 is 80.5 Å². The van der Waals surface area contributed by atoms with Crippen molar-refractivity contribution in [1.82, 2.24) is 25.1 Å². The van der Waals surface area contributed by atoms with Crippen molar-refractivity contribution in [3.8, 4) is 11.5 Å². The highest BCUT2D eigenvalue weighted by Gasteiger charge is 2.55. The zero-order valence-electron chi connectivity index (χ0n) is 31.7. The molecule has 23 heteroatoms. The summed E-state index contributed by atoms with van der Waals surface area (Å²) in [5.74, 6) is -7.05. The number of nitrogens with one attached hydrogen (secondary N) is 2. The Morgan fingerprint density at radius 1 is 1.14 bits per heavy atom. The van der Waals surface area contributed by atoms with Gasteiger partial charge in [0.2, 0.25) is 11.5 Å². The van der Waals surface area contributed by atoms with E-state index in [9.17, 15) is 48.9 Å². The van der Waals surface area contributed by atoms with E-state index < -0.39 is 82.2 Å². The number of oxime groups is 1. The van der Waals surface area contributed by atoms with Crippen LogP contribution in [-0.2, 0) is 40.1 Å². The number of amides is 3. The molecule has 1 aromatic carbocycles. The number of nitrogen functional groups attached to an aromatic ring is 1. The van der Waals surface area contributed by atoms with Crippen molar-refractivity contribution in [2.75, 3.05) is 51.3 Å². The number of thioether (sulfide) groups is 1. The third kappa shape index (κ3) is 8.52. The minimum absolute atomic E-state index is 0.0296. The Labute approximate surface area is 342 Å². The molecule has 21 nitrogen and oxygen atoms in total. The lowest BCUT2D eigenvalue weighted by molar-refractivity contribution is -0.911. The van der Waals surface area contributed by atoms with Gasteiger partial charge in [0.25, 0.3) is 17.7 Å². The number of carbonyl (C=O) groups excluding carboxylic acids is 4. The van der Waals surface area contributed by atoms with Gasteiger partial charge in [-0.15, -0.1) is 23.1 Å². The number of nitrogens with zero attached hydrogens (tertiary/aromatic N) is 5. The second-order valence-electron chi connectivity index (χ2n) is 14.0.